The van der Waals surface area contributed by atoms with Crippen molar-refractivity contribution in [3.05, 3.63) is 71.9 Å². The number of hydrogen-bond acceptors (Lipinski definition) is 4. The largest absolute Gasteiger partial charge is 0.379 e. The fourth-order valence-corrected chi connectivity index (χ4v) is 3.72. The van der Waals surface area contributed by atoms with Crippen molar-refractivity contribution in [3.63, 3.8) is 0 Å². The van der Waals surface area contributed by atoms with Crippen LogP contribution in [0.15, 0.2) is 60.8 Å². The molecule has 1 amide bonds. The number of nitrogens with one attached hydrogen (secondary N) is 1. The summed E-state index contributed by atoms with van der Waals surface area (Å²) in [6, 6.07) is 17.9. The lowest BCUT2D eigenvalue weighted by Crippen LogP contribution is -2.38. The van der Waals surface area contributed by atoms with E-state index in [0.29, 0.717) is 17.8 Å². The average Bonchev–Trinajstić information content (AvgIpc) is 3.24. The maximum Gasteiger partial charge on any atom is 0.255 e. The smallest absolute Gasteiger partial charge is 0.255 e. The predicted molar refractivity (Wildman–Crippen MR) is 118 cm³/mol. The molecule has 1 aliphatic heterocycles. The maximum atomic E-state index is 13.0. The van der Waals surface area contributed by atoms with Crippen LogP contribution in [0, 0.1) is 6.92 Å². The lowest BCUT2D eigenvalue weighted by molar-refractivity contribution is 0.0374. The van der Waals surface area contributed by atoms with Gasteiger partial charge in [0.05, 0.1) is 24.5 Å². The number of carbonyl (C=O) groups excluding carboxylic acids is 1. The zero-order chi connectivity index (χ0) is 20.8. The van der Waals surface area contributed by atoms with Crippen LogP contribution in [0.3, 0.4) is 0 Å². The Morgan fingerprint density at radius 3 is 2.57 bits per heavy atom. The van der Waals surface area contributed by atoms with Crippen LogP contribution in [0.1, 0.15) is 22.3 Å². The number of ether oxygens (including phenoxy) is 1. The van der Waals surface area contributed by atoms with Crippen molar-refractivity contribution < 1.29 is 9.53 Å². The van der Waals surface area contributed by atoms with E-state index in [0.717, 1.165) is 56.1 Å². The molecule has 1 aliphatic rings. The van der Waals surface area contributed by atoms with Crippen LogP contribution in [0.2, 0.25) is 0 Å². The number of nitrogens with zero attached hydrogens (tertiary/aromatic N) is 3. The van der Waals surface area contributed by atoms with Crippen LogP contribution in [-0.4, -0.2) is 60.0 Å². The summed E-state index contributed by atoms with van der Waals surface area (Å²) in [4.78, 5) is 15.4. The average molecular weight is 405 g/mol. The fraction of sp³-hybridized carbons (Fsp3) is 0.333. The molecule has 6 nitrogen and oxygen atoms in total. The van der Waals surface area contributed by atoms with Crippen molar-refractivity contribution >= 4 is 5.91 Å². The normalized spacial score (nSPS) is 14.6. The molecule has 4 rings (SSSR count). The number of aromatic nitrogens is 2. The van der Waals surface area contributed by atoms with E-state index < -0.39 is 0 Å². The standard InChI is InChI=1S/C24H28N4O2/c1-19-8-5-6-11-21(19)23-22(18-28(26-23)20-9-3-2-4-10-20)24(29)25-12-7-13-27-14-16-30-17-15-27/h2-6,8-11,18H,7,12-17H2,1H3,(H,25,29). The number of carbonyl (C=O) groups is 1. The Hall–Kier alpha value is -2.96. The molecule has 0 unspecified atom stereocenters. The van der Waals surface area contributed by atoms with Crippen LogP contribution < -0.4 is 5.32 Å². The Kier molecular flexibility index (Phi) is 6.57. The molecule has 1 N–H and O–H groups in total. The summed E-state index contributed by atoms with van der Waals surface area (Å²) in [7, 11) is 0. The fourth-order valence-electron chi connectivity index (χ4n) is 3.72. The van der Waals surface area contributed by atoms with Gasteiger partial charge in [-0.1, -0.05) is 42.5 Å². The van der Waals surface area contributed by atoms with Gasteiger partial charge < -0.3 is 10.1 Å². The number of amides is 1. The lowest BCUT2D eigenvalue weighted by Gasteiger charge is -2.26. The van der Waals surface area contributed by atoms with Gasteiger partial charge in [0.15, 0.2) is 0 Å². The van der Waals surface area contributed by atoms with E-state index in [1.54, 1.807) is 4.68 Å². The summed E-state index contributed by atoms with van der Waals surface area (Å²) in [5, 5.41) is 7.85. The highest BCUT2D eigenvalue weighted by atomic mass is 16.5. The van der Waals surface area contributed by atoms with Crippen LogP contribution in [0.25, 0.3) is 16.9 Å². The number of benzene rings is 2. The van der Waals surface area contributed by atoms with Crippen molar-refractivity contribution in [1.82, 2.24) is 20.0 Å². The van der Waals surface area contributed by atoms with Crippen molar-refractivity contribution in [2.24, 2.45) is 0 Å². The Bertz CT molecular complexity index is 978. The van der Waals surface area contributed by atoms with Gasteiger partial charge in [-0.3, -0.25) is 9.69 Å². The van der Waals surface area contributed by atoms with Gasteiger partial charge in [0.25, 0.3) is 5.91 Å². The predicted octanol–water partition coefficient (Wildman–Crippen LogP) is 3.30. The van der Waals surface area contributed by atoms with Gasteiger partial charge >= 0.3 is 0 Å². The minimum Gasteiger partial charge on any atom is -0.379 e. The second-order valence-corrected chi connectivity index (χ2v) is 7.55. The second kappa shape index (κ2) is 9.69. The first-order valence-corrected chi connectivity index (χ1v) is 10.5. The molecule has 1 saturated heterocycles. The highest BCUT2D eigenvalue weighted by molar-refractivity contribution is 6.00. The first-order valence-electron chi connectivity index (χ1n) is 10.5. The zero-order valence-corrected chi connectivity index (χ0v) is 17.4. The van der Waals surface area contributed by atoms with Gasteiger partial charge in [-0.15, -0.1) is 0 Å². The summed E-state index contributed by atoms with van der Waals surface area (Å²) in [5.74, 6) is -0.0857. The van der Waals surface area contributed by atoms with Crippen molar-refractivity contribution in [2.75, 3.05) is 39.4 Å². The number of morpholine rings is 1. The lowest BCUT2D eigenvalue weighted by atomic mass is 10.0. The van der Waals surface area contributed by atoms with Gasteiger partial charge in [-0.05, 0) is 37.6 Å². The molecule has 0 atom stereocenters. The number of aryl methyl sites for hydroxylation is 1. The highest BCUT2D eigenvalue weighted by Gasteiger charge is 2.19. The Labute approximate surface area is 177 Å². The SMILES string of the molecule is Cc1ccccc1-c1nn(-c2ccccc2)cc1C(=O)NCCCN1CCOCC1. The van der Waals surface area contributed by atoms with E-state index in [9.17, 15) is 4.79 Å². The van der Waals surface area contributed by atoms with Crippen LogP contribution in [0.5, 0.6) is 0 Å². The first kappa shape index (κ1) is 20.3. The molecule has 0 spiro atoms. The molecule has 1 fully saturated rings. The van der Waals surface area contributed by atoms with E-state index in [2.05, 4.69) is 10.2 Å². The summed E-state index contributed by atoms with van der Waals surface area (Å²) >= 11 is 0. The molecule has 0 aliphatic carbocycles. The number of para-hydroxylation sites is 1. The Balaban J connectivity index is 1.51. The summed E-state index contributed by atoms with van der Waals surface area (Å²) in [6.45, 7) is 7.18. The molecule has 0 bridgehead atoms. The Morgan fingerprint density at radius 1 is 1.07 bits per heavy atom. The molecule has 0 saturated carbocycles. The minimum absolute atomic E-state index is 0.0857. The van der Waals surface area contributed by atoms with Crippen molar-refractivity contribution in [3.8, 4) is 16.9 Å². The third-order valence-corrected chi connectivity index (χ3v) is 5.42. The van der Waals surface area contributed by atoms with Crippen LogP contribution in [0.4, 0.5) is 0 Å². The number of hydrogen-bond donors (Lipinski definition) is 1. The molecular formula is C24H28N4O2. The van der Waals surface area contributed by atoms with Gasteiger partial charge in [0.2, 0.25) is 0 Å². The van der Waals surface area contributed by atoms with Crippen LogP contribution >= 0.6 is 0 Å². The molecule has 1 aromatic heterocycles. The molecule has 156 valence electrons. The molecule has 2 aromatic carbocycles. The first-order chi connectivity index (χ1) is 14.7. The molecule has 0 radical (unpaired) electrons. The molecule has 6 heteroatoms. The third-order valence-electron chi connectivity index (χ3n) is 5.42. The summed E-state index contributed by atoms with van der Waals surface area (Å²) < 4.78 is 7.17. The van der Waals surface area contributed by atoms with Gasteiger partial charge in [0, 0.05) is 31.4 Å². The van der Waals surface area contributed by atoms with Gasteiger partial charge in [-0.25, -0.2) is 4.68 Å². The van der Waals surface area contributed by atoms with Crippen LogP contribution in [-0.2, 0) is 4.74 Å². The van der Waals surface area contributed by atoms with E-state index >= 15 is 0 Å². The molecule has 3 aromatic rings. The quantitative estimate of drug-likeness (QED) is 0.614. The second-order valence-electron chi connectivity index (χ2n) is 7.55. The van der Waals surface area contributed by atoms with E-state index in [-0.39, 0.29) is 5.91 Å². The molecule has 2 heterocycles. The van der Waals surface area contributed by atoms with E-state index in [1.165, 1.54) is 0 Å². The number of rotatable bonds is 7. The summed E-state index contributed by atoms with van der Waals surface area (Å²) in [5.41, 5.74) is 4.31. The van der Waals surface area contributed by atoms with E-state index in [1.807, 2.05) is 67.7 Å². The van der Waals surface area contributed by atoms with Crippen molar-refractivity contribution in [1.29, 1.82) is 0 Å². The van der Waals surface area contributed by atoms with Gasteiger partial charge in [-0.2, -0.15) is 5.10 Å². The Morgan fingerprint density at radius 2 is 1.80 bits per heavy atom. The topological polar surface area (TPSA) is 59.4 Å². The summed E-state index contributed by atoms with van der Waals surface area (Å²) in [6.07, 6.45) is 2.74. The molecule has 30 heavy (non-hydrogen) atoms. The molecular weight excluding hydrogens is 376 g/mol. The van der Waals surface area contributed by atoms with Gasteiger partial charge in [0.1, 0.15) is 5.69 Å². The van der Waals surface area contributed by atoms with Crippen molar-refractivity contribution in [2.45, 2.75) is 13.3 Å². The maximum absolute atomic E-state index is 13.0. The minimum atomic E-state index is -0.0857. The third kappa shape index (κ3) is 4.78. The highest BCUT2D eigenvalue weighted by Crippen LogP contribution is 2.26. The van der Waals surface area contributed by atoms with E-state index in [4.69, 9.17) is 9.84 Å². The monoisotopic (exact) mass is 404 g/mol. The zero-order valence-electron chi connectivity index (χ0n) is 17.4.